The smallest absolute Gasteiger partial charge is 0.178 e. The molecule has 2 aromatic heterocycles. The van der Waals surface area contributed by atoms with Crippen LogP contribution in [0.2, 0.25) is 5.02 Å². The van der Waals surface area contributed by atoms with Gasteiger partial charge in [-0.15, -0.1) is 0 Å². The van der Waals surface area contributed by atoms with Crippen LogP contribution in [0.25, 0.3) is 5.65 Å². The summed E-state index contributed by atoms with van der Waals surface area (Å²) in [7, 11) is 0. The predicted molar refractivity (Wildman–Crippen MR) is 97.2 cm³/mol. The zero-order valence-electron chi connectivity index (χ0n) is 13.5. The number of hydrogen-bond donors (Lipinski definition) is 3. The highest BCUT2D eigenvalue weighted by molar-refractivity contribution is 6.33. The molecule has 0 aliphatic carbocycles. The quantitative estimate of drug-likeness (QED) is 0.665. The van der Waals surface area contributed by atoms with Crippen LogP contribution in [0.15, 0.2) is 36.5 Å². The van der Waals surface area contributed by atoms with Crippen molar-refractivity contribution in [1.82, 2.24) is 19.9 Å². The van der Waals surface area contributed by atoms with Gasteiger partial charge in [0.2, 0.25) is 0 Å². The van der Waals surface area contributed by atoms with Crippen molar-refractivity contribution in [2.24, 2.45) is 0 Å². The molecule has 0 bridgehead atoms. The highest BCUT2D eigenvalue weighted by Gasteiger charge is 2.16. The van der Waals surface area contributed by atoms with E-state index >= 15 is 0 Å². The maximum Gasteiger partial charge on any atom is 0.178 e. The van der Waals surface area contributed by atoms with Crippen molar-refractivity contribution in [2.45, 2.75) is 18.9 Å². The molecule has 130 valence electrons. The highest BCUT2D eigenvalue weighted by atomic mass is 35.5. The van der Waals surface area contributed by atoms with Crippen LogP contribution in [-0.2, 0) is 0 Å². The number of benzene rings is 1. The Hall–Kier alpha value is -2.38. The average molecular weight is 361 g/mol. The van der Waals surface area contributed by atoms with Crippen LogP contribution in [0.5, 0.6) is 0 Å². The number of nitrogens with zero attached hydrogens (tertiary/aromatic N) is 3. The maximum atomic E-state index is 13.5. The summed E-state index contributed by atoms with van der Waals surface area (Å²) < 4.78 is 15.1. The number of fused-ring (bicyclic) bond motifs is 1. The molecule has 1 aliphatic rings. The molecular weight excluding hydrogens is 343 g/mol. The van der Waals surface area contributed by atoms with Gasteiger partial charge in [-0.05, 0) is 37.6 Å². The average Bonchev–Trinajstić information content (AvgIpc) is 2.97. The topological polar surface area (TPSA) is 66.3 Å². The monoisotopic (exact) mass is 360 g/mol. The molecule has 1 aliphatic heterocycles. The SMILES string of the molecule is Fc1cccc(Nc2cc(NC3CCCNC3)nc3c(Cl)cnn23)c1. The van der Waals surface area contributed by atoms with E-state index < -0.39 is 0 Å². The van der Waals surface area contributed by atoms with Gasteiger partial charge < -0.3 is 16.0 Å². The van der Waals surface area contributed by atoms with Gasteiger partial charge >= 0.3 is 0 Å². The van der Waals surface area contributed by atoms with E-state index in [0.717, 1.165) is 25.9 Å². The van der Waals surface area contributed by atoms with Crippen LogP contribution >= 0.6 is 11.6 Å². The Labute approximate surface area is 149 Å². The van der Waals surface area contributed by atoms with E-state index in [-0.39, 0.29) is 5.82 Å². The lowest BCUT2D eigenvalue weighted by Crippen LogP contribution is -2.38. The first-order chi connectivity index (χ1) is 12.2. The van der Waals surface area contributed by atoms with Gasteiger partial charge in [0.1, 0.15) is 22.5 Å². The van der Waals surface area contributed by atoms with Gasteiger partial charge in [0, 0.05) is 24.3 Å². The Morgan fingerprint density at radius 3 is 3.04 bits per heavy atom. The summed E-state index contributed by atoms with van der Waals surface area (Å²) in [6.45, 7) is 1.94. The second-order valence-corrected chi connectivity index (χ2v) is 6.48. The van der Waals surface area contributed by atoms with Crippen LogP contribution in [0.4, 0.5) is 21.7 Å². The fourth-order valence-corrected chi connectivity index (χ4v) is 3.16. The molecule has 1 atom stereocenters. The number of halogens is 2. The van der Waals surface area contributed by atoms with Crippen LogP contribution in [-0.4, -0.2) is 33.7 Å². The number of rotatable bonds is 4. The molecule has 1 saturated heterocycles. The molecule has 4 rings (SSSR count). The summed E-state index contributed by atoms with van der Waals surface area (Å²) in [5.41, 5.74) is 1.18. The van der Waals surface area contributed by atoms with E-state index in [4.69, 9.17) is 11.6 Å². The Bertz CT molecular complexity index is 890. The van der Waals surface area contributed by atoms with E-state index in [2.05, 4.69) is 26.0 Å². The first-order valence-corrected chi connectivity index (χ1v) is 8.61. The van der Waals surface area contributed by atoms with Crippen molar-refractivity contribution in [3.63, 3.8) is 0 Å². The standard InChI is InChI=1S/C17H18ClFN6/c18-14-10-21-25-16(23-12-4-1-3-11(19)7-12)8-15(24-17(14)25)22-13-5-2-6-20-9-13/h1,3-4,7-8,10,13,20,23H,2,5-6,9H2,(H,22,24). The Balaban J connectivity index is 1.68. The minimum absolute atomic E-state index is 0.305. The van der Waals surface area contributed by atoms with E-state index in [1.807, 2.05) is 6.07 Å². The van der Waals surface area contributed by atoms with Crippen molar-refractivity contribution < 1.29 is 4.39 Å². The Morgan fingerprint density at radius 2 is 2.24 bits per heavy atom. The molecule has 0 spiro atoms. The molecular formula is C17H18ClFN6. The van der Waals surface area contributed by atoms with Crippen molar-refractivity contribution >= 4 is 34.6 Å². The summed E-state index contributed by atoms with van der Waals surface area (Å²) in [5.74, 6) is 1.07. The summed E-state index contributed by atoms with van der Waals surface area (Å²) >= 11 is 6.21. The van der Waals surface area contributed by atoms with E-state index in [0.29, 0.717) is 34.0 Å². The van der Waals surface area contributed by atoms with Crippen molar-refractivity contribution in [2.75, 3.05) is 23.7 Å². The van der Waals surface area contributed by atoms with Crippen LogP contribution < -0.4 is 16.0 Å². The lowest BCUT2D eigenvalue weighted by atomic mass is 10.1. The molecule has 8 heteroatoms. The fourth-order valence-electron chi connectivity index (χ4n) is 3.00. The van der Waals surface area contributed by atoms with Gasteiger partial charge in [0.05, 0.1) is 6.20 Å². The molecule has 3 N–H and O–H groups in total. The molecule has 0 amide bonds. The largest absolute Gasteiger partial charge is 0.366 e. The molecule has 3 aromatic rings. The number of nitrogens with one attached hydrogen (secondary N) is 3. The zero-order chi connectivity index (χ0) is 17.2. The van der Waals surface area contributed by atoms with E-state index in [1.54, 1.807) is 22.8 Å². The van der Waals surface area contributed by atoms with Crippen molar-refractivity contribution in [1.29, 1.82) is 0 Å². The summed E-state index contributed by atoms with van der Waals surface area (Å²) in [4.78, 5) is 4.56. The molecule has 1 fully saturated rings. The first-order valence-electron chi connectivity index (χ1n) is 8.23. The molecule has 6 nitrogen and oxygen atoms in total. The van der Waals surface area contributed by atoms with E-state index in [1.165, 1.54) is 12.1 Å². The molecule has 0 saturated carbocycles. The van der Waals surface area contributed by atoms with Crippen molar-refractivity contribution in [3.8, 4) is 0 Å². The fraction of sp³-hybridized carbons (Fsp3) is 0.294. The summed E-state index contributed by atoms with van der Waals surface area (Å²) in [6, 6.07) is 8.44. The van der Waals surface area contributed by atoms with Gasteiger partial charge in [-0.2, -0.15) is 9.61 Å². The predicted octanol–water partition coefficient (Wildman–Crippen LogP) is 3.43. The number of piperidine rings is 1. The van der Waals surface area contributed by atoms with Gasteiger partial charge in [-0.3, -0.25) is 0 Å². The second kappa shape index (κ2) is 6.85. The lowest BCUT2D eigenvalue weighted by Gasteiger charge is -2.24. The number of anilines is 3. The first kappa shape index (κ1) is 16.1. The molecule has 25 heavy (non-hydrogen) atoms. The van der Waals surface area contributed by atoms with Crippen LogP contribution in [0, 0.1) is 5.82 Å². The lowest BCUT2D eigenvalue weighted by molar-refractivity contribution is 0.479. The minimum atomic E-state index is -0.305. The number of hydrogen-bond acceptors (Lipinski definition) is 5. The summed E-state index contributed by atoms with van der Waals surface area (Å²) in [6.07, 6.45) is 3.76. The third-order valence-corrected chi connectivity index (χ3v) is 4.44. The third kappa shape index (κ3) is 3.52. The molecule has 1 unspecified atom stereocenters. The minimum Gasteiger partial charge on any atom is -0.366 e. The highest BCUT2D eigenvalue weighted by Crippen LogP contribution is 2.25. The summed E-state index contributed by atoms with van der Waals surface area (Å²) in [5, 5.41) is 14.7. The van der Waals surface area contributed by atoms with Gasteiger partial charge in [0.15, 0.2) is 5.65 Å². The molecule has 1 aromatic carbocycles. The van der Waals surface area contributed by atoms with Crippen LogP contribution in [0.3, 0.4) is 0 Å². The normalized spacial score (nSPS) is 17.6. The third-order valence-electron chi connectivity index (χ3n) is 4.17. The molecule has 3 heterocycles. The van der Waals surface area contributed by atoms with Gasteiger partial charge in [0.25, 0.3) is 0 Å². The van der Waals surface area contributed by atoms with Gasteiger partial charge in [-0.25, -0.2) is 9.37 Å². The Morgan fingerprint density at radius 1 is 1.32 bits per heavy atom. The zero-order valence-corrected chi connectivity index (χ0v) is 14.2. The van der Waals surface area contributed by atoms with E-state index in [9.17, 15) is 4.39 Å². The number of aromatic nitrogens is 3. The maximum absolute atomic E-state index is 13.5. The van der Waals surface area contributed by atoms with Gasteiger partial charge in [-0.1, -0.05) is 17.7 Å². The second-order valence-electron chi connectivity index (χ2n) is 6.08. The Kier molecular flexibility index (Phi) is 4.42. The molecule has 0 radical (unpaired) electrons. The van der Waals surface area contributed by atoms with Crippen LogP contribution in [0.1, 0.15) is 12.8 Å². The van der Waals surface area contributed by atoms with Crippen molar-refractivity contribution in [3.05, 3.63) is 47.4 Å².